The molecule has 0 amide bonds. The fourth-order valence-corrected chi connectivity index (χ4v) is 5.61. The van der Waals surface area contributed by atoms with E-state index >= 15 is 0 Å². The Morgan fingerprint density at radius 3 is 1.69 bits per heavy atom. The lowest BCUT2D eigenvalue weighted by Gasteiger charge is -2.16. The smallest absolute Gasteiger partial charge is 0.0991 e. The lowest BCUT2D eigenvalue weighted by atomic mass is 9.87. The number of nitrogens with zero attached hydrogens (tertiary/aromatic N) is 1. The zero-order chi connectivity index (χ0) is 24.1. The number of hydrogen-bond acceptors (Lipinski definition) is 1. The predicted octanol–water partition coefficient (Wildman–Crippen LogP) is 9.51. The van der Waals surface area contributed by atoms with Crippen LogP contribution in [0.4, 0.5) is 0 Å². The number of hydrogen-bond donors (Lipinski definition) is 0. The molecule has 0 aliphatic heterocycles. The first-order valence-corrected chi connectivity index (χ1v) is 12.2. The number of nitriles is 1. The first-order valence-electron chi connectivity index (χ1n) is 12.2. The molecular formula is C35H21N. The molecule has 0 saturated carbocycles. The van der Waals surface area contributed by atoms with Crippen molar-refractivity contribution in [2.24, 2.45) is 0 Å². The third-order valence-corrected chi connectivity index (χ3v) is 7.29. The van der Waals surface area contributed by atoms with Gasteiger partial charge in [0.15, 0.2) is 0 Å². The van der Waals surface area contributed by atoms with Crippen LogP contribution in [-0.2, 0) is 0 Å². The largest absolute Gasteiger partial charge is 0.192 e. The third-order valence-electron chi connectivity index (χ3n) is 7.29. The maximum atomic E-state index is 9.20. The maximum Gasteiger partial charge on any atom is 0.0991 e. The molecule has 0 spiro atoms. The fourth-order valence-electron chi connectivity index (χ4n) is 5.61. The van der Waals surface area contributed by atoms with Gasteiger partial charge >= 0.3 is 0 Å². The molecule has 0 atom stereocenters. The second-order valence-electron chi connectivity index (χ2n) is 9.25. The van der Waals surface area contributed by atoms with E-state index in [1.165, 1.54) is 59.8 Å². The van der Waals surface area contributed by atoms with E-state index in [2.05, 4.69) is 109 Å². The Labute approximate surface area is 209 Å². The zero-order valence-corrected chi connectivity index (χ0v) is 19.6. The minimum absolute atomic E-state index is 0.676. The van der Waals surface area contributed by atoms with Crippen LogP contribution in [0.25, 0.3) is 65.3 Å². The Kier molecular flexibility index (Phi) is 4.59. The van der Waals surface area contributed by atoms with Crippen LogP contribution in [0.2, 0.25) is 0 Å². The van der Waals surface area contributed by atoms with Gasteiger partial charge in [0, 0.05) is 0 Å². The summed E-state index contributed by atoms with van der Waals surface area (Å²) < 4.78 is 0. The van der Waals surface area contributed by atoms with Crippen molar-refractivity contribution in [3.05, 3.63) is 133 Å². The normalized spacial score (nSPS) is 11.3. The van der Waals surface area contributed by atoms with E-state index in [0.717, 1.165) is 5.56 Å². The second-order valence-corrected chi connectivity index (χ2v) is 9.25. The summed E-state index contributed by atoms with van der Waals surface area (Å²) in [6, 6.07) is 47.4. The Hall–Kier alpha value is -4.93. The van der Waals surface area contributed by atoms with Gasteiger partial charge in [0.25, 0.3) is 0 Å². The van der Waals surface area contributed by atoms with Gasteiger partial charge in [-0.25, -0.2) is 0 Å². The Bertz CT molecular complexity index is 1990. The van der Waals surface area contributed by atoms with Crippen molar-refractivity contribution in [3.63, 3.8) is 0 Å². The molecule has 1 heteroatoms. The minimum Gasteiger partial charge on any atom is -0.192 e. The molecule has 0 aliphatic carbocycles. The van der Waals surface area contributed by atoms with Gasteiger partial charge in [0.2, 0.25) is 0 Å². The van der Waals surface area contributed by atoms with Gasteiger partial charge in [-0.15, -0.1) is 0 Å². The quantitative estimate of drug-likeness (QED) is 0.238. The average molecular weight is 456 g/mol. The maximum absolute atomic E-state index is 9.20. The summed E-state index contributed by atoms with van der Waals surface area (Å²) in [6.45, 7) is 0. The van der Waals surface area contributed by atoms with Crippen LogP contribution in [0.15, 0.2) is 127 Å². The average Bonchev–Trinajstić information content (AvgIpc) is 2.96. The molecule has 36 heavy (non-hydrogen) atoms. The van der Waals surface area contributed by atoms with E-state index in [1.54, 1.807) is 0 Å². The van der Waals surface area contributed by atoms with Crippen LogP contribution in [0.1, 0.15) is 5.56 Å². The van der Waals surface area contributed by atoms with Gasteiger partial charge in [-0.05, 0) is 83.5 Å². The molecule has 7 aromatic carbocycles. The predicted molar refractivity (Wildman–Crippen MR) is 152 cm³/mol. The topological polar surface area (TPSA) is 23.8 Å². The van der Waals surface area contributed by atoms with E-state index in [-0.39, 0.29) is 0 Å². The summed E-state index contributed by atoms with van der Waals surface area (Å²) in [4.78, 5) is 0. The van der Waals surface area contributed by atoms with Crippen molar-refractivity contribution >= 4 is 43.1 Å². The van der Waals surface area contributed by atoms with Crippen LogP contribution >= 0.6 is 0 Å². The van der Waals surface area contributed by atoms with Gasteiger partial charge in [0.05, 0.1) is 11.6 Å². The highest BCUT2D eigenvalue weighted by Gasteiger charge is 2.14. The van der Waals surface area contributed by atoms with E-state index in [1.807, 2.05) is 24.3 Å². The summed E-state index contributed by atoms with van der Waals surface area (Å²) in [7, 11) is 0. The lowest BCUT2D eigenvalue weighted by molar-refractivity contribution is 1.48. The van der Waals surface area contributed by atoms with Crippen molar-refractivity contribution in [2.75, 3.05) is 0 Å². The summed E-state index contributed by atoms with van der Waals surface area (Å²) in [6.07, 6.45) is 0. The minimum atomic E-state index is 0.676. The number of fused-ring (bicyclic) bond motifs is 6. The highest BCUT2D eigenvalue weighted by molar-refractivity contribution is 6.24. The first-order chi connectivity index (χ1) is 17.8. The molecule has 0 fully saturated rings. The van der Waals surface area contributed by atoms with Crippen molar-refractivity contribution in [2.45, 2.75) is 0 Å². The molecule has 0 N–H and O–H groups in total. The Balaban J connectivity index is 1.54. The molecule has 0 aromatic heterocycles. The Morgan fingerprint density at radius 1 is 0.417 bits per heavy atom. The summed E-state index contributed by atoms with van der Waals surface area (Å²) >= 11 is 0. The van der Waals surface area contributed by atoms with E-state index in [4.69, 9.17) is 0 Å². The van der Waals surface area contributed by atoms with Gasteiger partial charge in [0.1, 0.15) is 0 Å². The van der Waals surface area contributed by atoms with Crippen molar-refractivity contribution in [3.8, 4) is 28.3 Å². The van der Waals surface area contributed by atoms with Crippen molar-refractivity contribution in [1.82, 2.24) is 0 Å². The molecule has 166 valence electrons. The zero-order valence-electron chi connectivity index (χ0n) is 19.6. The van der Waals surface area contributed by atoms with Crippen molar-refractivity contribution in [1.29, 1.82) is 5.26 Å². The summed E-state index contributed by atoms with van der Waals surface area (Å²) in [5.41, 5.74) is 5.45. The molecule has 0 bridgehead atoms. The highest BCUT2D eigenvalue weighted by atomic mass is 14.2. The van der Waals surface area contributed by atoms with Crippen LogP contribution in [0, 0.1) is 11.3 Å². The first kappa shape index (κ1) is 20.4. The van der Waals surface area contributed by atoms with E-state index in [9.17, 15) is 5.26 Å². The van der Waals surface area contributed by atoms with Crippen LogP contribution in [0.3, 0.4) is 0 Å². The molecule has 7 rings (SSSR count). The van der Waals surface area contributed by atoms with E-state index < -0.39 is 0 Å². The second kappa shape index (κ2) is 8.08. The van der Waals surface area contributed by atoms with Crippen LogP contribution in [0.5, 0.6) is 0 Å². The lowest BCUT2D eigenvalue weighted by Crippen LogP contribution is -1.89. The molecule has 7 aromatic rings. The standard InChI is InChI=1S/C35H21N/c36-22-23-13-15-25(16-14-23)27-19-20-32(30-10-4-3-9-29(27)30)34-21-26-18-17-24-7-1-2-8-28(24)35(26)33-12-6-5-11-31(33)34/h1-21H. The Morgan fingerprint density at radius 2 is 0.972 bits per heavy atom. The van der Waals surface area contributed by atoms with Crippen LogP contribution in [-0.4, -0.2) is 0 Å². The molecule has 0 unspecified atom stereocenters. The van der Waals surface area contributed by atoms with Gasteiger partial charge in [-0.1, -0.05) is 109 Å². The van der Waals surface area contributed by atoms with E-state index in [0.29, 0.717) is 5.56 Å². The fraction of sp³-hybridized carbons (Fsp3) is 0. The molecule has 1 nitrogen and oxygen atoms in total. The molecule has 0 aliphatic rings. The molecule has 0 heterocycles. The number of benzene rings is 7. The summed E-state index contributed by atoms with van der Waals surface area (Å²) in [5, 5.41) is 19.3. The third kappa shape index (κ3) is 3.09. The molecular weight excluding hydrogens is 434 g/mol. The SMILES string of the molecule is N#Cc1ccc(-c2ccc(-c3cc4ccc5ccccc5c4c4ccccc34)c3ccccc23)cc1. The van der Waals surface area contributed by atoms with Gasteiger partial charge in [-0.2, -0.15) is 5.26 Å². The van der Waals surface area contributed by atoms with Crippen molar-refractivity contribution < 1.29 is 0 Å². The monoisotopic (exact) mass is 455 g/mol. The highest BCUT2D eigenvalue weighted by Crippen LogP contribution is 2.42. The molecule has 0 radical (unpaired) electrons. The van der Waals surface area contributed by atoms with Gasteiger partial charge in [-0.3, -0.25) is 0 Å². The molecule has 0 saturated heterocycles. The number of rotatable bonds is 2. The van der Waals surface area contributed by atoms with Crippen LogP contribution < -0.4 is 0 Å². The van der Waals surface area contributed by atoms with Gasteiger partial charge < -0.3 is 0 Å². The summed E-state index contributed by atoms with van der Waals surface area (Å²) in [5.74, 6) is 0.